The minimum absolute atomic E-state index is 0.0436. The summed E-state index contributed by atoms with van der Waals surface area (Å²) in [5, 5.41) is 1.17. The highest BCUT2D eigenvalue weighted by molar-refractivity contribution is 7.13. The van der Waals surface area contributed by atoms with Crippen molar-refractivity contribution >= 4 is 28.7 Å². The third kappa shape index (κ3) is 2.15. The van der Waals surface area contributed by atoms with Crippen LogP contribution in [0.2, 0.25) is 5.02 Å². The van der Waals surface area contributed by atoms with Gasteiger partial charge in [0.1, 0.15) is 0 Å². The Labute approximate surface area is 103 Å². The Morgan fingerprint density at radius 3 is 2.38 bits per heavy atom. The van der Waals surface area contributed by atoms with E-state index in [4.69, 9.17) is 11.6 Å². The van der Waals surface area contributed by atoms with E-state index in [1.165, 1.54) is 11.3 Å². The molecule has 2 rings (SSSR count). The molecule has 0 atom stereocenters. The quantitative estimate of drug-likeness (QED) is 0.763. The Kier molecular flexibility index (Phi) is 3.08. The zero-order chi connectivity index (χ0) is 11.7. The van der Waals surface area contributed by atoms with Crippen molar-refractivity contribution in [3.8, 4) is 0 Å². The molecule has 1 aromatic carbocycles. The first kappa shape index (κ1) is 11.3. The van der Waals surface area contributed by atoms with E-state index < -0.39 is 0 Å². The van der Waals surface area contributed by atoms with Gasteiger partial charge in [0, 0.05) is 15.5 Å². The van der Waals surface area contributed by atoms with Gasteiger partial charge in [0.15, 0.2) is 5.01 Å². The number of nitrogens with zero attached hydrogens (tertiary/aromatic N) is 1. The van der Waals surface area contributed by atoms with Crippen LogP contribution in [0.15, 0.2) is 24.3 Å². The lowest BCUT2D eigenvalue weighted by atomic mass is 10.1. The molecule has 1 aromatic heterocycles. The zero-order valence-corrected chi connectivity index (χ0v) is 10.5. The molecule has 4 heteroatoms. The molecule has 0 bridgehead atoms. The second-order valence-corrected chi connectivity index (χ2v) is 5.14. The summed E-state index contributed by atoms with van der Waals surface area (Å²) >= 11 is 7.20. The Hall–Kier alpha value is -1.19. The van der Waals surface area contributed by atoms with Gasteiger partial charge in [-0.1, -0.05) is 11.6 Å². The number of aromatic nitrogens is 1. The minimum atomic E-state index is -0.0436. The predicted molar refractivity (Wildman–Crippen MR) is 66.5 cm³/mol. The highest BCUT2D eigenvalue weighted by Crippen LogP contribution is 2.20. The third-order valence-electron chi connectivity index (χ3n) is 2.33. The fraction of sp³-hybridized carbons (Fsp3) is 0.167. The van der Waals surface area contributed by atoms with Gasteiger partial charge in [-0.05, 0) is 38.1 Å². The van der Waals surface area contributed by atoms with Crippen molar-refractivity contribution in [3.05, 3.63) is 50.4 Å². The second kappa shape index (κ2) is 4.36. The number of aryl methyl sites for hydroxylation is 2. The molecule has 1 heterocycles. The fourth-order valence-corrected chi connectivity index (χ4v) is 2.30. The smallest absolute Gasteiger partial charge is 0.221 e. The van der Waals surface area contributed by atoms with E-state index in [0.717, 1.165) is 10.6 Å². The number of carbonyl (C=O) groups excluding carboxylic acids is 1. The van der Waals surface area contributed by atoms with Gasteiger partial charge in [0.25, 0.3) is 0 Å². The van der Waals surface area contributed by atoms with Gasteiger partial charge in [-0.3, -0.25) is 4.79 Å². The SMILES string of the molecule is Cc1nc(C(=O)c2ccc(Cl)cc2)sc1C. The van der Waals surface area contributed by atoms with Gasteiger partial charge >= 0.3 is 0 Å². The van der Waals surface area contributed by atoms with Crippen LogP contribution in [0.1, 0.15) is 25.9 Å². The summed E-state index contributed by atoms with van der Waals surface area (Å²) in [5.74, 6) is -0.0436. The summed E-state index contributed by atoms with van der Waals surface area (Å²) in [6.07, 6.45) is 0. The Morgan fingerprint density at radius 2 is 1.88 bits per heavy atom. The van der Waals surface area contributed by atoms with Crippen LogP contribution < -0.4 is 0 Å². The molecule has 2 nitrogen and oxygen atoms in total. The van der Waals surface area contributed by atoms with E-state index in [-0.39, 0.29) is 5.78 Å². The van der Waals surface area contributed by atoms with Crippen molar-refractivity contribution < 1.29 is 4.79 Å². The maximum absolute atomic E-state index is 12.0. The van der Waals surface area contributed by atoms with Gasteiger partial charge < -0.3 is 0 Å². The summed E-state index contributed by atoms with van der Waals surface area (Å²) in [4.78, 5) is 17.4. The molecule has 0 radical (unpaired) electrons. The summed E-state index contributed by atoms with van der Waals surface area (Å²) in [5.41, 5.74) is 1.54. The number of ketones is 1. The van der Waals surface area contributed by atoms with Gasteiger partial charge in [0.2, 0.25) is 5.78 Å². The summed E-state index contributed by atoms with van der Waals surface area (Å²) in [6.45, 7) is 3.87. The molecule has 0 spiro atoms. The zero-order valence-electron chi connectivity index (χ0n) is 8.95. The molecule has 0 saturated heterocycles. The van der Waals surface area contributed by atoms with Gasteiger partial charge in [-0.15, -0.1) is 11.3 Å². The van der Waals surface area contributed by atoms with Crippen LogP contribution in [0.5, 0.6) is 0 Å². The van der Waals surface area contributed by atoms with Crippen molar-refractivity contribution in [2.24, 2.45) is 0 Å². The molecule has 0 aliphatic heterocycles. The number of thiazole rings is 1. The highest BCUT2D eigenvalue weighted by atomic mass is 35.5. The lowest BCUT2D eigenvalue weighted by Crippen LogP contribution is -2.00. The molecule has 0 fully saturated rings. The Morgan fingerprint density at radius 1 is 1.25 bits per heavy atom. The van der Waals surface area contributed by atoms with Crippen LogP contribution in [0.4, 0.5) is 0 Å². The largest absolute Gasteiger partial charge is 0.286 e. The van der Waals surface area contributed by atoms with E-state index >= 15 is 0 Å². The normalized spacial score (nSPS) is 10.4. The molecule has 16 heavy (non-hydrogen) atoms. The molecule has 0 saturated carbocycles. The van der Waals surface area contributed by atoms with Crippen LogP contribution in [-0.4, -0.2) is 10.8 Å². The number of rotatable bonds is 2. The first-order valence-electron chi connectivity index (χ1n) is 4.82. The first-order valence-corrected chi connectivity index (χ1v) is 6.01. The van der Waals surface area contributed by atoms with E-state index in [1.807, 2.05) is 13.8 Å². The van der Waals surface area contributed by atoms with Crippen molar-refractivity contribution in [2.75, 3.05) is 0 Å². The lowest BCUT2D eigenvalue weighted by molar-refractivity contribution is 0.103. The monoisotopic (exact) mass is 251 g/mol. The molecular weight excluding hydrogens is 242 g/mol. The molecule has 2 aromatic rings. The first-order chi connectivity index (χ1) is 7.58. The Bertz CT molecular complexity index is 511. The van der Waals surface area contributed by atoms with Crippen molar-refractivity contribution in [3.63, 3.8) is 0 Å². The molecular formula is C12H10ClNOS. The average Bonchev–Trinajstić information content (AvgIpc) is 2.59. The molecule has 0 amide bonds. The van der Waals surface area contributed by atoms with Crippen LogP contribution in [-0.2, 0) is 0 Å². The number of halogens is 1. The van der Waals surface area contributed by atoms with Crippen molar-refractivity contribution in [1.82, 2.24) is 4.98 Å². The third-order valence-corrected chi connectivity index (χ3v) is 3.65. The van der Waals surface area contributed by atoms with E-state index in [0.29, 0.717) is 15.6 Å². The standard InChI is InChI=1S/C12H10ClNOS/c1-7-8(2)16-12(14-7)11(15)9-3-5-10(13)6-4-9/h3-6H,1-2H3. The van der Waals surface area contributed by atoms with E-state index in [1.54, 1.807) is 24.3 Å². The Balaban J connectivity index is 2.35. The van der Waals surface area contributed by atoms with Crippen molar-refractivity contribution in [2.45, 2.75) is 13.8 Å². The molecule has 82 valence electrons. The number of benzene rings is 1. The topological polar surface area (TPSA) is 30.0 Å². The van der Waals surface area contributed by atoms with Gasteiger partial charge in [0.05, 0.1) is 5.69 Å². The summed E-state index contributed by atoms with van der Waals surface area (Å²) in [6, 6.07) is 6.86. The number of carbonyl (C=O) groups is 1. The minimum Gasteiger partial charge on any atom is -0.286 e. The summed E-state index contributed by atoms with van der Waals surface area (Å²) in [7, 11) is 0. The molecule has 0 aliphatic carbocycles. The van der Waals surface area contributed by atoms with Crippen LogP contribution in [0.3, 0.4) is 0 Å². The predicted octanol–water partition coefficient (Wildman–Crippen LogP) is 3.64. The van der Waals surface area contributed by atoms with Crippen LogP contribution in [0, 0.1) is 13.8 Å². The summed E-state index contributed by atoms with van der Waals surface area (Å²) < 4.78 is 0. The maximum Gasteiger partial charge on any atom is 0.221 e. The average molecular weight is 252 g/mol. The lowest BCUT2D eigenvalue weighted by Gasteiger charge is -1.96. The number of hydrogen-bond donors (Lipinski definition) is 0. The van der Waals surface area contributed by atoms with Gasteiger partial charge in [-0.2, -0.15) is 0 Å². The van der Waals surface area contributed by atoms with Crippen molar-refractivity contribution in [1.29, 1.82) is 0 Å². The highest BCUT2D eigenvalue weighted by Gasteiger charge is 2.14. The second-order valence-electron chi connectivity index (χ2n) is 3.50. The maximum atomic E-state index is 12.0. The number of hydrogen-bond acceptors (Lipinski definition) is 3. The van der Waals surface area contributed by atoms with Crippen LogP contribution in [0.25, 0.3) is 0 Å². The van der Waals surface area contributed by atoms with Crippen LogP contribution >= 0.6 is 22.9 Å². The molecule has 0 unspecified atom stereocenters. The molecule has 0 aliphatic rings. The molecule has 0 N–H and O–H groups in total. The van der Waals surface area contributed by atoms with Gasteiger partial charge in [-0.25, -0.2) is 4.98 Å². The van der Waals surface area contributed by atoms with E-state index in [9.17, 15) is 4.79 Å². The van der Waals surface area contributed by atoms with E-state index in [2.05, 4.69) is 4.98 Å². The fourth-order valence-electron chi connectivity index (χ4n) is 1.29.